The second-order valence-corrected chi connectivity index (χ2v) is 5.24. The summed E-state index contributed by atoms with van der Waals surface area (Å²) in [5.41, 5.74) is 5.13. The predicted molar refractivity (Wildman–Crippen MR) is 87.6 cm³/mol. The lowest BCUT2D eigenvalue weighted by molar-refractivity contribution is 1.02. The molecule has 2 aromatic rings. The third-order valence-electron chi connectivity index (χ3n) is 3.26. The molecule has 0 saturated carbocycles. The Labute approximate surface area is 128 Å². The highest BCUT2D eigenvalue weighted by atomic mass is 79.9. The van der Waals surface area contributed by atoms with Crippen molar-refractivity contribution in [2.75, 3.05) is 11.4 Å². The third-order valence-corrected chi connectivity index (χ3v) is 3.90. The zero-order valence-corrected chi connectivity index (χ0v) is 13.3. The molecule has 0 aromatic heterocycles. The molecule has 20 heavy (non-hydrogen) atoms. The van der Waals surface area contributed by atoms with Crippen molar-refractivity contribution in [2.45, 2.75) is 19.2 Å². The molecule has 0 N–H and O–H groups in total. The number of anilines is 2. The Bertz CT molecular complexity index is 644. The number of aryl methyl sites for hydroxylation is 1. The predicted octanol–water partition coefficient (Wildman–Crippen LogP) is 4.92. The first-order chi connectivity index (χ1) is 9.69. The molecule has 0 aliphatic carbocycles. The first-order valence-corrected chi connectivity index (χ1v) is 7.75. The molecule has 0 aliphatic heterocycles. The van der Waals surface area contributed by atoms with E-state index in [0.717, 1.165) is 28.8 Å². The number of rotatable bonds is 4. The summed E-state index contributed by atoms with van der Waals surface area (Å²) in [6, 6.07) is 16.7. The van der Waals surface area contributed by atoms with Crippen LogP contribution in [0.3, 0.4) is 0 Å². The van der Waals surface area contributed by atoms with Crippen LogP contribution in [0.15, 0.2) is 42.5 Å². The summed E-state index contributed by atoms with van der Waals surface area (Å²) < 4.78 is 0. The largest absolute Gasteiger partial charge is 0.341 e. The molecule has 0 saturated heterocycles. The molecule has 3 heteroatoms. The van der Waals surface area contributed by atoms with Crippen molar-refractivity contribution in [1.82, 2.24) is 0 Å². The molecule has 0 heterocycles. The van der Waals surface area contributed by atoms with Crippen LogP contribution in [-0.2, 0) is 5.33 Å². The van der Waals surface area contributed by atoms with Gasteiger partial charge in [-0.1, -0.05) is 34.1 Å². The Kier molecular flexibility index (Phi) is 4.81. The standard InChI is InChI=1S/C17H17BrN2/c1-3-20(16-6-4-5-13(2)9-16)17-8-7-14(11-18)10-15(17)12-19/h4-10H,3,11H2,1-2H3. The number of nitrogens with zero attached hydrogens (tertiary/aromatic N) is 2. The van der Waals surface area contributed by atoms with Crippen LogP contribution in [0.1, 0.15) is 23.6 Å². The van der Waals surface area contributed by atoms with Gasteiger partial charge in [0.05, 0.1) is 11.3 Å². The van der Waals surface area contributed by atoms with E-state index in [-0.39, 0.29) is 0 Å². The van der Waals surface area contributed by atoms with Crippen LogP contribution < -0.4 is 4.90 Å². The Morgan fingerprint density at radius 2 is 2.00 bits per heavy atom. The van der Waals surface area contributed by atoms with Crippen LogP contribution >= 0.6 is 15.9 Å². The van der Waals surface area contributed by atoms with Crippen LogP contribution in [0.25, 0.3) is 0 Å². The molecule has 2 aromatic carbocycles. The highest BCUT2D eigenvalue weighted by Gasteiger charge is 2.12. The lowest BCUT2D eigenvalue weighted by atomic mass is 10.1. The zero-order valence-electron chi connectivity index (χ0n) is 11.7. The highest BCUT2D eigenvalue weighted by molar-refractivity contribution is 9.08. The number of hydrogen-bond donors (Lipinski definition) is 0. The average molecular weight is 329 g/mol. The van der Waals surface area contributed by atoms with Gasteiger partial charge >= 0.3 is 0 Å². The number of hydrogen-bond acceptors (Lipinski definition) is 2. The van der Waals surface area contributed by atoms with Crippen LogP contribution in [0.2, 0.25) is 0 Å². The Morgan fingerprint density at radius 3 is 2.60 bits per heavy atom. The molecule has 102 valence electrons. The number of alkyl halides is 1. The molecule has 0 atom stereocenters. The van der Waals surface area contributed by atoms with Gasteiger partial charge in [0.1, 0.15) is 6.07 Å². The molecule has 0 spiro atoms. The second-order valence-electron chi connectivity index (χ2n) is 4.68. The van der Waals surface area contributed by atoms with E-state index < -0.39 is 0 Å². The normalized spacial score (nSPS) is 10.1. The number of benzene rings is 2. The van der Waals surface area contributed by atoms with Crippen molar-refractivity contribution in [1.29, 1.82) is 5.26 Å². The summed E-state index contributed by atoms with van der Waals surface area (Å²) in [4.78, 5) is 2.17. The van der Waals surface area contributed by atoms with Crippen molar-refractivity contribution in [3.05, 3.63) is 59.2 Å². The molecule has 0 aliphatic rings. The van der Waals surface area contributed by atoms with Crippen molar-refractivity contribution in [3.8, 4) is 6.07 Å². The summed E-state index contributed by atoms with van der Waals surface area (Å²) in [7, 11) is 0. The van der Waals surface area contributed by atoms with Crippen LogP contribution in [0.5, 0.6) is 0 Å². The van der Waals surface area contributed by atoms with E-state index in [1.54, 1.807) is 0 Å². The van der Waals surface area contributed by atoms with E-state index >= 15 is 0 Å². The van der Waals surface area contributed by atoms with E-state index in [2.05, 4.69) is 65.0 Å². The molecule has 0 bridgehead atoms. The van der Waals surface area contributed by atoms with E-state index in [9.17, 15) is 5.26 Å². The van der Waals surface area contributed by atoms with Gasteiger partial charge in [0.15, 0.2) is 0 Å². The molecule has 0 fully saturated rings. The fourth-order valence-electron chi connectivity index (χ4n) is 2.28. The fourth-order valence-corrected chi connectivity index (χ4v) is 2.63. The van der Waals surface area contributed by atoms with Crippen LogP contribution in [0, 0.1) is 18.3 Å². The van der Waals surface area contributed by atoms with E-state index in [1.165, 1.54) is 5.56 Å². The maximum absolute atomic E-state index is 9.39. The van der Waals surface area contributed by atoms with Gasteiger partial charge in [0.25, 0.3) is 0 Å². The lowest BCUT2D eigenvalue weighted by Gasteiger charge is -2.25. The maximum Gasteiger partial charge on any atom is 0.101 e. The summed E-state index contributed by atoms with van der Waals surface area (Å²) in [6.07, 6.45) is 0. The van der Waals surface area contributed by atoms with Crippen molar-refractivity contribution in [3.63, 3.8) is 0 Å². The number of nitriles is 1. The van der Waals surface area contributed by atoms with E-state index in [0.29, 0.717) is 5.56 Å². The van der Waals surface area contributed by atoms with Gasteiger partial charge in [0, 0.05) is 17.6 Å². The summed E-state index contributed by atoms with van der Waals surface area (Å²) >= 11 is 3.43. The smallest absolute Gasteiger partial charge is 0.101 e. The van der Waals surface area contributed by atoms with Gasteiger partial charge in [-0.3, -0.25) is 0 Å². The molecular formula is C17H17BrN2. The van der Waals surface area contributed by atoms with Gasteiger partial charge in [-0.15, -0.1) is 0 Å². The highest BCUT2D eigenvalue weighted by Crippen LogP contribution is 2.29. The molecule has 0 unspecified atom stereocenters. The van der Waals surface area contributed by atoms with Gasteiger partial charge < -0.3 is 4.90 Å². The van der Waals surface area contributed by atoms with Gasteiger partial charge in [-0.25, -0.2) is 0 Å². The van der Waals surface area contributed by atoms with Gasteiger partial charge in [0.2, 0.25) is 0 Å². The fraction of sp³-hybridized carbons (Fsp3) is 0.235. The lowest BCUT2D eigenvalue weighted by Crippen LogP contribution is -2.17. The van der Waals surface area contributed by atoms with Gasteiger partial charge in [-0.2, -0.15) is 5.26 Å². The van der Waals surface area contributed by atoms with E-state index in [1.807, 2.05) is 18.2 Å². The minimum atomic E-state index is 0.713. The van der Waals surface area contributed by atoms with Crippen molar-refractivity contribution in [2.24, 2.45) is 0 Å². The maximum atomic E-state index is 9.39. The molecule has 0 amide bonds. The summed E-state index contributed by atoms with van der Waals surface area (Å²) in [5, 5.41) is 10.2. The van der Waals surface area contributed by atoms with E-state index in [4.69, 9.17) is 0 Å². The quantitative estimate of drug-likeness (QED) is 0.745. The van der Waals surface area contributed by atoms with Crippen molar-refractivity contribution >= 4 is 27.3 Å². The number of halogens is 1. The Morgan fingerprint density at radius 1 is 1.20 bits per heavy atom. The summed E-state index contributed by atoms with van der Waals surface area (Å²) in [5.74, 6) is 0. The Balaban J connectivity index is 2.50. The molecule has 0 radical (unpaired) electrons. The molecular weight excluding hydrogens is 312 g/mol. The molecule has 2 nitrogen and oxygen atoms in total. The second kappa shape index (κ2) is 6.58. The first kappa shape index (κ1) is 14.6. The summed E-state index contributed by atoms with van der Waals surface area (Å²) in [6.45, 7) is 5.00. The zero-order chi connectivity index (χ0) is 14.5. The van der Waals surface area contributed by atoms with Crippen LogP contribution in [0.4, 0.5) is 11.4 Å². The molecule has 2 rings (SSSR count). The minimum Gasteiger partial charge on any atom is -0.341 e. The average Bonchev–Trinajstić information content (AvgIpc) is 2.48. The van der Waals surface area contributed by atoms with Crippen molar-refractivity contribution < 1.29 is 0 Å². The SMILES string of the molecule is CCN(c1cccc(C)c1)c1ccc(CBr)cc1C#N. The minimum absolute atomic E-state index is 0.713. The van der Waals surface area contributed by atoms with Gasteiger partial charge in [-0.05, 0) is 49.2 Å². The van der Waals surface area contributed by atoms with Crippen LogP contribution in [-0.4, -0.2) is 6.54 Å². The topological polar surface area (TPSA) is 27.0 Å². The monoisotopic (exact) mass is 328 g/mol. The first-order valence-electron chi connectivity index (χ1n) is 6.62. The third kappa shape index (κ3) is 3.02. The Hall–Kier alpha value is -1.79.